The standard InChI is InChI=1S/C17H17BrCl2O/c1-3-13(11-7-5-4-6-8-11)16(20)14-9-12(19)10-15(18)17(14)21-2/h4-10,13,16H,3H2,1-2H3. The van der Waals surface area contributed by atoms with Gasteiger partial charge in [-0.3, -0.25) is 0 Å². The summed E-state index contributed by atoms with van der Waals surface area (Å²) in [5.74, 6) is 0.945. The van der Waals surface area contributed by atoms with E-state index >= 15 is 0 Å². The van der Waals surface area contributed by atoms with Crippen molar-refractivity contribution in [1.82, 2.24) is 0 Å². The quantitative estimate of drug-likeness (QED) is 0.526. The third-order valence-electron chi connectivity index (χ3n) is 3.56. The first-order chi connectivity index (χ1) is 10.1. The van der Waals surface area contributed by atoms with Gasteiger partial charge in [0.1, 0.15) is 5.75 Å². The van der Waals surface area contributed by atoms with Crippen LogP contribution in [0.3, 0.4) is 0 Å². The molecule has 0 saturated carbocycles. The molecular formula is C17H17BrCl2O. The summed E-state index contributed by atoms with van der Waals surface area (Å²) in [7, 11) is 1.64. The lowest BCUT2D eigenvalue weighted by atomic mass is 9.89. The number of ether oxygens (including phenoxy) is 1. The van der Waals surface area contributed by atoms with Gasteiger partial charge in [0.15, 0.2) is 0 Å². The summed E-state index contributed by atoms with van der Waals surface area (Å²) in [5.41, 5.74) is 2.13. The molecule has 1 nitrogen and oxygen atoms in total. The zero-order valence-corrected chi connectivity index (χ0v) is 15.0. The zero-order chi connectivity index (χ0) is 15.4. The lowest BCUT2D eigenvalue weighted by Gasteiger charge is -2.24. The van der Waals surface area contributed by atoms with Crippen LogP contribution in [0.25, 0.3) is 0 Å². The fourth-order valence-electron chi connectivity index (χ4n) is 2.53. The maximum atomic E-state index is 6.78. The topological polar surface area (TPSA) is 9.23 Å². The lowest BCUT2D eigenvalue weighted by molar-refractivity contribution is 0.404. The maximum Gasteiger partial charge on any atom is 0.137 e. The summed E-state index contributed by atoms with van der Waals surface area (Å²) < 4.78 is 6.31. The van der Waals surface area contributed by atoms with Gasteiger partial charge in [-0.05, 0) is 40.0 Å². The van der Waals surface area contributed by atoms with Crippen molar-refractivity contribution in [1.29, 1.82) is 0 Å². The summed E-state index contributed by atoms with van der Waals surface area (Å²) in [5, 5.41) is 0.439. The van der Waals surface area contributed by atoms with Crippen LogP contribution in [0.1, 0.15) is 35.8 Å². The number of rotatable bonds is 5. The highest BCUT2D eigenvalue weighted by atomic mass is 79.9. The molecular weight excluding hydrogens is 371 g/mol. The molecule has 0 aliphatic heterocycles. The van der Waals surface area contributed by atoms with Crippen LogP contribution in [-0.4, -0.2) is 7.11 Å². The fourth-order valence-corrected chi connectivity index (χ4v) is 4.01. The second-order valence-electron chi connectivity index (χ2n) is 4.84. The predicted octanol–water partition coefficient (Wildman–Crippen LogP) is 6.58. The van der Waals surface area contributed by atoms with Crippen molar-refractivity contribution >= 4 is 39.1 Å². The van der Waals surface area contributed by atoms with E-state index in [1.807, 2.05) is 30.3 Å². The predicted molar refractivity (Wildman–Crippen MR) is 93.8 cm³/mol. The van der Waals surface area contributed by atoms with Crippen LogP contribution in [0.4, 0.5) is 0 Å². The van der Waals surface area contributed by atoms with Crippen molar-refractivity contribution in [3.05, 3.63) is 63.1 Å². The second kappa shape index (κ2) is 7.53. The first-order valence-electron chi connectivity index (χ1n) is 6.80. The molecule has 0 heterocycles. The average molecular weight is 388 g/mol. The molecule has 4 heteroatoms. The first kappa shape index (κ1) is 16.7. The third-order valence-corrected chi connectivity index (χ3v) is 4.91. The lowest BCUT2D eigenvalue weighted by Crippen LogP contribution is -2.07. The van der Waals surface area contributed by atoms with Crippen molar-refractivity contribution in [3.63, 3.8) is 0 Å². The molecule has 0 radical (unpaired) electrons. The van der Waals surface area contributed by atoms with Crippen LogP contribution in [0.15, 0.2) is 46.9 Å². The number of hydrogen-bond donors (Lipinski definition) is 0. The molecule has 2 aromatic rings. The van der Waals surface area contributed by atoms with Gasteiger partial charge in [-0.15, -0.1) is 11.6 Å². The molecule has 0 bridgehead atoms. The van der Waals surface area contributed by atoms with Crippen molar-refractivity contribution in [3.8, 4) is 5.75 Å². The van der Waals surface area contributed by atoms with Crippen LogP contribution in [0.5, 0.6) is 5.75 Å². The Morgan fingerprint density at radius 1 is 1.19 bits per heavy atom. The third kappa shape index (κ3) is 3.74. The Balaban J connectivity index is 2.45. The highest BCUT2D eigenvalue weighted by Crippen LogP contribution is 2.45. The Kier molecular flexibility index (Phi) is 5.98. The summed E-state index contributed by atoms with van der Waals surface area (Å²) >= 11 is 16.4. The Labute approximate surface area is 144 Å². The van der Waals surface area contributed by atoms with Gasteiger partial charge in [-0.25, -0.2) is 0 Å². The van der Waals surface area contributed by atoms with Gasteiger partial charge in [0.05, 0.1) is 17.0 Å². The van der Waals surface area contributed by atoms with Crippen LogP contribution < -0.4 is 4.74 Å². The number of halogens is 3. The number of alkyl halides is 1. The highest BCUT2D eigenvalue weighted by Gasteiger charge is 2.25. The fraction of sp³-hybridized carbons (Fsp3) is 0.294. The molecule has 2 rings (SSSR count). The Hall–Kier alpha value is -0.700. The van der Waals surface area contributed by atoms with Gasteiger partial charge in [0, 0.05) is 16.5 Å². The number of benzene rings is 2. The molecule has 21 heavy (non-hydrogen) atoms. The van der Waals surface area contributed by atoms with Crippen LogP contribution >= 0.6 is 39.1 Å². The van der Waals surface area contributed by atoms with Gasteiger partial charge < -0.3 is 4.74 Å². The SMILES string of the molecule is CCC(c1ccccc1)C(Cl)c1cc(Cl)cc(Br)c1OC. The first-order valence-corrected chi connectivity index (χ1v) is 8.41. The Morgan fingerprint density at radius 3 is 2.43 bits per heavy atom. The van der Waals surface area contributed by atoms with Gasteiger partial charge >= 0.3 is 0 Å². The molecule has 2 aromatic carbocycles. The Morgan fingerprint density at radius 2 is 1.86 bits per heavy atom. The summed E-state index contributed by atoms with van der Waals surface area (Å²) in [6.07, 6.45) is 0.936. The maximum absolute atomic E-state index is 6.78. The van der Waals surface area contributed by atoms with Crippen molar-refractivity contribution in [2.75, 3.05) is 7.11 Å². The Bertz CT molecular complexity index is 601. The minimum atomic E-state index is -0.206. The summed E-state index contributed by atoms with van der Waals surface area (Å²) in [6, 6.07) is 14.0. The molecule has 0 amide bonds. The van der Waals surface area contributed by atoms with E-state index in [0.29, 0.717) is 5.02 Å². The molecule has 0 saturated heterocycles. The van der Waals surface area contributed by atoms with E-state index in [1.165, 1.54) is 5.56 Å². The molecule has 2 atom stereocenters. The monoisotopic (exact) mass is 386 g/mol. The van der Waals surface area contributed by atoms with E-state index < -0.39 is 0 Å². The van der Waals surface area contributed by atoms with Crippen molar-refractivity contribution in [2.24, 2.45) is 0 Å². The number of methoxy groups -OCH3 is 1. The van der Waals surface area contributed by atoms with E-state index in [1.54, 1.807) is 7.11 Å². The minimum Gasteiger partial charge on any atom is -0.495 e. The van der Waals surface area contributed by atoms with Crippen molar-refractivity contribution in [2.45, 2.75) is 24.6 Å². The molecule has 0 aromatic heterocycles. The largest absolute Gasteiger partial charge is 0.495 e. The average Bonchev–Trinajstić information content (AvgIpc) is 2.48. The van der Waals surface area contributed by atoms with E-state index in [4.69, 9.17) is 27.9 Å². The zero-order valence-electron chi connectivity index (χ0n) is 11.9. The van der Waals surface area contributed by atoms with Gasteiger partial charge in [-0.1, -0.05) is 48.9 Å². The smallest absolute Gasteiger partial charge is 0.137 e. The summed E-state index contributed by atoms with van der Waals surface area (Å²) in [4.78, 5) is 0. The van der Waals surface area contributed by atoms with Gasteiger partial charge in [0.2, 0.25) is 0 Å². The molecule has 0 N–H and O–H groups in total. The van der Waals surface area contributed by atoms with Gasteiger partial charge in [-0.2, -0.15) is 0 Å². The van der Waals surface area contributed by atoms with E-state index in [2.05, 4.69) is 35.0 Å². The molecule has 0 fully saturated rings. The molecule has 0 aliphatic carbocycles. The second-order valence-corrected chi connectivity index (χ2v) is 6.60. The molecule has 0 aliphatic rings. The van der Waals surface area contributed by atoms with E-state index in [9.17, 15) is 0 Å². The van der Waals surface area contributed by atoms with Crippen LogP contribution in [0.2, 0.25) is 5.02 Å². The molecule has 2 unspecified atom stereocenters. The van der Waals surface area contributed by atoms with Crippen molar-refractivity contribution < 1.29 is 4.74 Å². The minimum absolute atomic E-state index is 0.201. The van der Waals surface area contributed by atoms with Crippen LogP contribution in [-0.2, 0) is 0 Å². The molecule has 0 spiro atoms. The van der Waals surface area contributed by atoms with E-state index in [0.717, 1.165) is 22.2 Å². The van der Waals surface area contributed by atoms with Crippen LogP contribution in [0, 0.1) is 0 Å². The number of hydrogen-bond acceptors (Lipinski definition) is 1. The van der Waals surface area contributed by atoms with Gasteiger partial charge in [0.25, 0.3) is 0 Å². The molecule has 112 valence electrons. The summed E-state index contributed by atoms with van der Waals surface area (Å²) in [6.45, 7) is 2.14. The van der Waals surface area contributed by atoms with E-state index in [-0.39, 0.29) is 11.3 Å². The normalized spacial score (nSPS) is 13.8. The highest BCUT2D eigenvalue weighted by molar-refractivity contribution is 9.10.